The highest BCUT2D eigenvalue weighted by molar-refractivity contribution is 5.35. The minimum atomic E-state index is -4.92. The van der Waals surface area contributed by atoms with Crippen molar-refractivity contribution in [2.75, 3.05) is 7.11 Å². The second-order valence-electron chi connectivity index (χ2n) is 3.05. The number of alkyl halides is 5. The van der Waals surface area contributed by atoms with Gasteiger partial charge in [0.1, 0.15) is 0 Å². The number of rotatable bonds is 2. The Labute approximate surface area is 88.1 Å². The molecule has 0 fully saturated rings. The minimum Gasteiger partial charge on any atom is -0.481 e. The molecule has 1 aromatic rings. The van der Waals surface area contributed by atoms with Crippen molar-refractivity contribution in [1.29, 1.82) is 0 Å². The van der Waals surface area contributed by atoms with Gasteiger partial charge in [0.05, 0.1) is 7.11 Å². The Hall–Kier alpha value is -1.40. The summed E-state index contributed by atoms with van der Waals surface area (Å²) in [4.78, 5) is 3.06. The largest absolute Gasteiger partial charge is 0.481 e. The topological polar surface area (TPSA) is 22.1 Å². The number of pyridine rings is 1. The van der Waals surface area contributed by atoms with Crippen molar-refractivity contribution in [3.05, 3.63) is 22.9 Å². The van der Waals surface area contributed by atoms with Crippen LogP contribution in [-0.4, -0.2) is 12.1 Å². The summed E-state index contributed by atoms with van der Waals surface area (Å²) in [5, 5.41) is 0. The molecule has 0 aromatic carbocycles. The average molecular weight is 241 g/mol. The van der Waals surface area contributed by atoms with E-state index in [4.69, 9.17) is 0 Å². The first-order chi connectivity index (χ1) is 7.27. The van der Waals surface area contributed by atoms with E-state index in [0.29, 0.717) is 0 Å². The van der Waals surface area contributed by atoms with Crippen LogP contribution in [0.2, 0.25) is 0 Å². The standard InChI is InChI=1S/C9H8F5NO/c1-4-3-5(7(10)11)6(9(12,13)14)15-8(4)16-2/h3,7H,1-2H3. The van der Waals surface area contributed by atoms with Crippen LogP contribution >= 0.6 is 0 Å². The van der Waals surface area contributed by atoms with E-state index in [9.17, 15) is 22.0 Å². The molecule has 0 spiro atoms. The van der Waals surface area contributed by atoms with E-state index >= 15 is 0 Å². The lowest BCUT2D eigenvalue weighted by Crippen LogP contribution is -2.13. The number of hydrogen-bond acceptors (Lipinski definition) is 2. The summed E-state index contributed by atoms with van der Waals surface area (Å²) in [6.45, 7) is 1.35. The second-order valence-corrected chi connectivity index (χ2v) is 3.05. The lowest BCUT2D eigenvalue weighted by Gasteiger charge is -2.14. The Morgan fingerprint density at radius 1 is 1.31 bits per heavy atom. The van der Waals surface area contributed by atoms with E-state index in [1.54, 1.807) is 0 Å². The van der Waals surface area contributed by atoms with Crippen molar-refractivity contribution in [2.45, 2.75) is 19.5 Å². The van der Waals surface area contributed by atoms with Crippen LogP contribution < -0.4 is 4.74 Å². The normalized spacial score (nSPS) is 12.0. The summed E-state index contributed by atoms with van der Waals surface area (Å²) in [5.41, 5.74) is -2.61. The van der Waals surface area contributed by atoms with Gasteiger partial charge in [0.2, 0.25) is 5.88 Å². The Morgan fingerprint density at radius 3 is 2.25 bits per heavy atom. The lowest BCUT2D eigenvalue weighted by molar-refractivity contribution is -0.143. The highest BCUT2D eigenvalue weighted by Gasteiger charge is 2.38. The van der Waals surface area contributed by atoms with Crippen LogP contribution in [0, 0.1) is 6.92 Å². The molecule has 0 aliphatic rings. The summed E-state index contributed by atoms with van der Waals surface area (Å²) in [5.74, 6) is -0.309. The van der Waals surface area contributed by atoms with Crippen molar-refractivity contribution >= 4 is 0 Å². The van der Waals surface area contributed by atoms with Crippen molar-refractivity contribution in [3.63, 3.8) is 0 Å². The minimum absolute atomic E-state index is 0.130. The van der Waals surface area contributed by atoms with Crippen LogP contribution in [0.3, 0.4) is 0 Å². The van der Waals surface area contributed by atoms with E-state index in [-0.39, 0.29) is 11.4 Å². The van der Waals surface area contributed by atoms with Gasteiger partial charge in [-0.05, 0) is 13.0 Å². The van der Waals surface area contributed by atoms with Gasteiger partial charge in [-0.2, -0.15) is 13.2 Å². The molecule has 0 aliphatic heterocycles. The van der Waals surface area contributed by atoms with Crippen LogP contribution in [0.5, 0.6) is 5.88 Å². The quantitative estimate of drug-likeness (QED) is 0.740. The molecule has 16 heavy (non-hydrogen) atoms. The predicted molar refractivity (Wildman–Crippen MR) is 45.5 cm³/mol. The highest BCUT2D eigenvalue weighted by atomic mass is 19.4. The Balaban J connectivity index is 3.43. The smallest absolute Gasteiger partial charge is 0.433 e. The van der Waals surface area contributed by atoms with Gasteiger partial charge in [-0.15, -0.1) is 0 Å². The number of aryl methyl sites for hydroxylation is 1. The van der Waals surface area contributed by atoms with Gasteiger partial charge >= 0.3 is 6.18 Å². The highest BCUT2D eigenvalue weighted by Crippen LogP contribution is 2.37. The van der Waals surface area contributed by atoms with Crippen molar-refractivity contribution in [2.24, 2.45) is 0 Å². The summed E-state index contributed by atoms with van der Waals surface area (Å²) in [7, 11) is 1.12. The summed E-state index contributed by atoms with van der Waals surface area (Å²) in [6, 6.07) is 0.735. The van der Waals surface area contributed by atoms with Crippen LogP contribution in [0.4, 0.5) is 22.0 Å². The molecular weight excluding hydrogens is 233 g/mol. The maximum absolute atomic E-state index is 12.4. The van der Waals surface area contributed by atoms with Crippen LogP contribution in [0.1, 0.15) is 23.2 Å². The number of ether oxygens (including phenoxy) is 1. The zero-order valence-corrected chi connectivity index (χ0v) is 8.40. The summed E-state index contributed by atoms with van der Waals surface area (Å²) in [6.07, 6.45) is -8.15. The number of hydrogen-bond donors (Lipinski definition) is 0. The summed E-state index contributed by atoms with van der Waals surface area (Å²) < 4.78 is 66.6. The molecule has 0 saturated heterocycles. The van der Waals surface area contributed by atoms with Crippen molar-refractivity contribution in [1.82, 2.24) is 4.98 Å². The number of methoxy groups -OCH3 is 1. The van der Waals surface area contributed by atoms with Crippen LogP contribution in [0.25, 0.3) is 0 Å². The Kier molecular flexibility index (Phi) is 3.35. The molecule has 0 amide bonds. The lowest BCUT2D eigenvalue weighted by atomic mass is 10.1. The third-order valence-corrected chi connectivity index (χ3v) is 1.89. The molecule has 0 atom stereocenters. The summed E-state index contributed by atoms with van der Waals surface area (Å²) >= 11 is 0. The van der Waals surface area contributed by atoms with Crippen molar-refractivity contribution < 1.29 is 26.7 Å². The fourth-order valence-electron chi connectivity index (χ4n) is 1.22. The van der Waals surface area contributed by atoms with Gasteiger partial charge < -0.3 is 4.74 Å². The van der Waals surface area contributed by atoms with Gasteiger partial charge in [-0.3, -0.25) is 0 Å². The van der Waals surface area contributed by atoms with Gasteiger partial charge in [0.25, 0.3) is 6.43 Å². The molecule has 0 N–H and O–H groups in total. The molecule has 7 heteroatoms. The van der Waals surface area contributed by atoms with E-state index < -0.39 is 23.9 Å². The molecule has 0 saturated carbocycles. The van der Waals surface area contributed by atoms with E-state index in [1.165, 1.54) is 6.92 Å². The van der Waals surface area contributed by atoms with Gasteiger partial charge in [-0.25, -0.2) is 13.8 Å². The first-order valence-electron chi connectivity index (χ1n) is 4.18. The number of halogens is 5. The third-order valence-electron chi connectivity index (χ3n) is 1.89. The SMILES string of the molecule is COc1nc(C(F)(F)F)c(C(F)F)cc1C. The molecule has 0 radical (unpaired) electrons. The zero-order chi connectivity index (χ0) is 12.5. The fraction of sp³-hybridized carbons (Fsp3) is 0.444. The monoisotopic (exact) mass is 241 g/mol. The van der Waals surface area contributed by atoms with Gasteiger partial charge in [0, 0.05) is 11.1 Å². The second kappa shape index (κ2) is 4.23. The average Bonchev–Trinajstić information content (AvgIpc) is 2.15. The molecule has 0 aliphatic carbocycles. The van der Waals surface area contributed by atoms with E-state index in [0.717, 1.165) is 13.2 Å². The maximum atomic E-state index is 12.4. The molecule has 0 unspecified atom stereocenters. The Morgan fingerprint density at radius 2 is 1.88 bits per heavy atom. The van der Waals surface area contributed by atoms with Crippen LogP contribution in [-0.2, 0) is 6.18 Å². The molecular formula is C9H8F5NO. The fourth-order valence-corrected chi connectivity index (χ4v) is 1.22. The maximum Gasteiger partial charge on any atom is 0.433 e. The molecule has 0 bridgehead atoms. The first kappa shape index (κ1) is 12.7. The number of nitrogens with zero attached hydrogens (tertiary/aromatic N) is 1. The van der Waals surface area contributed by atoms with Crippen molar-refractivity contribution in [3.8, 4) is 5.88 Å². The van der Waals surface area contributed by atoms with E-state index in [1.807, 2.05) is 0 Å². The third kappa shape index (κ3) is 2.40. The zero-order valence-electron chi connectivity index (χ0n) is 8.40. The molecule has 1 aromatic heterocycles. The van der Waals surface area contributed by atoms with Gasteiger partial charge in [-0.1, -0.05) is 0 Å². The predicted octanol–water partition coefficient (Wildman–Crippen LogP) is 3.36. The van der Waals surface area contributed by atoms with E-state index in [2.05, 4.69) is 9.72 Å². The first-order valence-corrected chi connectivity index (χ1v) is 4.18. The molecule has 90 valence electrons. The van der Waals surface area contributed by atoms with Crippen LogP contribution in [0.15, 0.2) is 6.07 Å². The molecule has 1 heterocycles. The molecule has 2 nitrogen and oxygen atoms in total. The Bertz CT molecular complexity index is 388. The number of aromatic nitrogens is 1. The molecule has 1 rings (SSSR count). The van der Waals surface area contributed by atoms with Gasteiger partial charge in [0.15, 0.2) is 5.69 Å².